The van der Waals surface area contributed by atoms with Gasteiger partial charge in [0.15, 0.2) is 0 Å². The molecule has 1 heterocycles. The summed E-state index contributed by atoms with van der Waals surface area (Å²) in [7, 11) is 1.92. The van der Waals surface area contributed by atoms with Crippen LogP contribution >= 0.6 is 0 Å². The predicted molar refractivity (Wildman–Crippen MR) is 141 cm³/mol. The number of aromatic nitrogens is 2. The second-order valence-electron chi connectivity index (χ2n) is 9.15. The SMILES string of the molecule is CCC(C)N(Cc1c(-c2ccccc2)nn(C)c1Oc1ccc(C)cc1)CC(O)c1ccccc1. The van der Waals surface area contributed by atoms with Crippen LogP contribution in [0.1, 0.15) is 43.1 Å². The van der Waals surface area contributed by atoms with Crippen molar-refractivity contribution in [1.82, 2.24) is 14.7 Å². The van der Waals surface area contributed by atoms with Crippen LogP contribution in [0.3, 0.4) is 0 Å². The average molecular weight is 470 g/mol. The fourth-order valence-electron chi connectivity index (χ4n) is 4.23. The first-order chi connectivity index (χ1) is 17.0. The van der Waals surface area contributed by atoms with Crippen molar-refractivity contribution < 1.29 is 9.84 Å². The molecule has 0 amide bonds. The van der Waals surface area contributed by atoms with Gasteiger partial charge in [0, 0.05) is 31.7 Å². The van der Waals surface area contributed by atoms with Gasteiger partial charge in [-0.2, -0.15) is 5.10 Å². The van der Waals surface area contributed by atoms with E-state index in [-0.39, 0.29) is 6.04 Å². The van der Waals surface area contributed by atoms with Gasteiger partial charge in [0.05, 0.1) is 11.7 Å². The topological polar surface area (TPSA) is 50.5 Å². The van der Waals surface area contributed by atoms with Crippen LogP contribution < -0.4 is 4.74 Å². The molecule has 0 bridgehead atoms. The molecule has 3 aromatic carbocycles. The average Bonchev–Trinajstić information content (AvgIpc) is 3.20. The van der Waals surface area contributed by atoms with Gasteiger partial charge in [0.2, 0.25) is 5.88 Å². The Hall–Kier alpha value is -3.41. The summed E-state index contributed by atoms with van der Waals surface area (Å²) < 4.78 is 8.23. The zero-order valence-electron chi connectivity index (χ0n) is 21.1. The van der Waals surface area contributed by atoms with E-state index in [0.29, 0.717) is 13.1 Å². The van der Waals surface area contributed by atoms with Gasteiger partial charge in [-0.3, -0.25) is 4.90 Å². The zero-order chi connectivity index (χ0) is 24.8. The number of hydrogen-bond acceptors (Lipinski definition) is 4. The first kappa shape index (κ1) is 24.7. The molecule has 0 aliphatic carbocycles. The van der Waals surface area contributed by atoms with Gasteiger partial charge < -0.3 is 9.84 Å². The van der Waals surface area contributed by atoms with Crippen LogP contribution in [-0.2, 0) is 13.6 Å². The largest absolute Gasteiger partial charge is 0.439 e. The highest BCUT2D eigenvalue weighted by Gasteiger charge is 2.25. The highest BCUT2D eigenvalue weighted by molar-refractivity contribution is 5.65. The monoisotopic (exact) mass is 469 g/mol. The van der Waals surface area contributed by atoms with E-state index in [4.69, 9.17) is 9.84 Å². The van der Waals surface area contributed by atoms with Gasteiger partial charge >= 0.3 is 0 Å². The first-order valence-corrected chi connectivity index (χ1v) is 12.3. The summed E-state index contributed by atoms with van der Waals surface area (Å²) in [5.41, 5.74) is 5.07. The number of aliphatic hydroxyl groups excluding tert-OH is 1. The molecule has 1 aromatic heterocycles. The minimum Gasteiger partial charge on any atom is -0.439 e. The molecule has 4 aromatic rings. The Labute approximate surface area is 208 Å². The van der Waals surface area contributed by atoms with Crippen molar-refractivity contribution in [2.75, 3.05) is 6.54 Å². The molecular weight excluding hydrogens is 434 g/mol. The minimum atomic E-state index is -0.580. The van der Waals surface area contributed by atoms with E-state index in [1.165, 1.54) is 5.56 Å². The molecule has 4 rings (SSSR count). The number of ether oxygens (including phenoxy) is 1. The number of aryl methyl sites for hydroxylation is 2. The highest BCUT2D eigenvalue weighted by atomic mass is 16.5. The van der Waals surface area contributed by atoms with Crippen LogP contribution in [0, 0.1) is 6.92 Å². The molecular formula is C30H35N3O2. The lowest BCUT2D eigenvalue weighted by atomic mass is 10.0. The van der Waals surface area contributed by atoms with Crippen molar-refractivity contribution in [1.29, 1.82) is 0 Å². The van der Waals surface area contributed by atoms with Crippen LogP contribution in [-0.4, -0.2) is 32.4 Å². The molecule has 0 radical (unpaired) electrons. The van der Waals surface area contributed by atoms with Gasteiger partial charge in [-0.25, -0.2) is 4.68 Å². The molecule has 2 atom stereocenters. The maximum atomic E-state index is 11.0. The molecule has 0 saturated heterocycles. The van der Waals surface area contributed by atoms with Gasteiger partial charge in [0.25, 0.3) is 0 Å². The van der Waals surface area contributed by atoms with Crippen molar-refractivity contribution in [3.8, 4) is 22.9 Å². The highest BCUT2D eigenvalue weighted by Crippen LogP contribution is 2.35. The van der Waals surface area contributed by atoms with Crippen LogP contribution in [0.2, 0.25) is 0 Å². The lowest BCUT2D eigenvalue weighted by Crippen LogP contribution is -2.35. The van der Waals surface area contributed by atoms with E-state index in [9.17, 15) is 5.11 Å². The van der Waals surface area contributed by atoms with Crippen molar-refractivity contribution in [2.24, 2.45) is 7.05 Å². The van der Waals surface area contributed by atoms with Gasteiger partial charge in [-0.15, -0.1) is 0 Å². The summed E-state index contributed by atoms with van der Waals surface area (Å²) in [4.78, 5) is 2.32. The molecule has 2 unspecified atom stereocenters. The van der Waals surface area contributed by atoms with Crippen molar-refractivity contribution in [3.05, 3.63) is 102 Å². The number of hydrogen-bond donors (Lipinski definition) is 1. The lowest BCUT2D eigenvalue weighted by molar-refractivity contribution is 0.0844. The predicted octanol–water partition coefficient (Wildman–Crippen LogP) is 6.52. The van der Waals surface area contributed by atoms with E-state index in [1.54, 1.807) is 0 Å². The Kier molecular flexibility index (Phi) is 8.01. The number of aliphatic hydroxyl groups is 1. The fourth-order valence-corrected chi connectivity index (χ4v) is 4.23. The summed E-state index contributed by atoms with van der Waals surface area (Å²) in [6, 6.07) is 28.4. The van der Waals surface area contributed by atoms with Crippen LogP contribution in [0.15, 0.2) is 84.9 Å². The molecule has 0 aliphatic heterocycles. The second kappa shape index (κ2) is 11.3. The summed E-state index contributed by atoms with van der Waals surface area (Å²) in [5, 5.41) is 15.9. The Bertz CT molecular complexity index is 1200. The van der Waals surface area contributed by atoms with Crippen LogP contribution in [0.25, 0.3) is 11.3 Å². The van der Waals surface area contributed by atoms with Gasteiger partial charge in [-0.05, 0) is 38.0 Å². The third-order valence-electron chi connectivity index (χ3n) is 6.54. The summed E-state index contributed by atoms with van der Waals surface area (Å²) >= 11 is 0. The molecule has 0 fully saturated rings. The number of benzene rings is 3. The lowest BCUT2D eigenvalue weighted by Gasteiger charge is -2.31. The first-order valence-electron chi connectivity index (χ1n) is 12.3. The third kappa shape index (κ3) is 5.99. The fraction of sp³-hybridized carbons (Fsp3) is 0.300. The molecule has 1 N–H and O–H groups in total. The smallest absolute Gasteiger partial charge is 0.222 e. The maximum absolute atomic E-state index is 11.0. The van der Waals surface area contributed by atoms with E-state index in [0.717, 1.165) is 40.4 Å². The number of nitrogens with zero attached hydrogens (tertiary/aromatic N) is 3. The Morgan fingerprint density at radius 2 is 1.57 bits per heavy atom. The summed E-state index contributed by atoms with van der Waals surface area (Å²) in [5.74, 6) is 1.49. The van der Waals surface area contributed by atoms with Crippen LogP contribution in [0.4, 0.5) is 0 Å². The van der Waals surface area contributed by atoms with E-state index in [2.05, 4.69) is 37.8 Å². The third-order valence-corrected chi connectivity index (χ3v) is 6.54. The standard InChI is InChI=1S/C30H35N3O2/c1-5-23(3)33(21-28(34)24-12-8-6-9-13-24)20-27-29(25-14-10-7-11-15-25)31-32(4)30(27)35-26-18-16-22(2)17-19-26/h6-19,23,28,34H,5,20-21H2,1-4H3. The zero-order valence-corrected chi connectivity index (χ0v) is 21.1. The summed E-state index contributed by atoms with van der Waals surface area (Å²) in [6.45, 7) is 7.58. The molecule has 0 spiro atoms. The van der Waals surface area contributed by atoms with E-state index >= 15 is 0 Å². The Morgan fingerprint density at radius 1 is 0.943 bits per heavy atom. The quantitative estimate of drug-likeness (QED) is 0.287. The van der Waals surface area contributed by atoms with Crippen LogP contribution in [0.5, 0.6) is 11.6 Å². The second-order valence-corrected chi connectivity index (χ2v) is 9.15. The van der Waals surface area contributed by atoms with Gasteiger partial charge in [-0.1, -0.05) is 85.3 Å². The maximum Gasteiger partial charge on any atom is 0.222 e. The van der Waals surface area contributed by atoms with Crippen molar-refractivity contribution in [2.45, 2.75) is 45.9 Å². The summed E-state index contributed by atoms with van der Waals surface area (Å²) in [6.07, 6.45) is 0.389. The van der Waals surface area contributed by atoms with E-state index < -0.39 is 6.10 Å². The Balaban J connectivity index is 1.72. The van der Waals surface area contributed by atoms with Gasteiger partial charge in [0.1, 0.15) is 11.4 Å². The molecule has 182 valence electrons. The molecule has 0 aliphatic rings. The molecule has 5 heteroatoms. The van der Waals surface area contributed by atoms with Crippen molar-refractivity contribution in [3.63, 3.8) is 0 Å². The van der Waals surface area contributed by atoms with E-state index in [1.807, 2.05) is 84.5 Å². The molecule has 5 nitrogen and oxygen atoms in total. The number of rotatable bonds is 10. The minimum absolute atomic E-state index is 0.268. The van der Waals surface area contributed by atoms with Crippen molar-refractivity contribution >= 4 is 0 Å². The molecule has 0 saturated carbocycles. The Morgan fingerprint density at radius 3 is 2.20 bits per heavy atom. The normalized spacial score (nSPS) is 13.1. The molecule has 35 heavy (non-hydrogen) atoms.